The standard InChI is InChI=1S/C20H19N2O/c1-15-3-2-4-19(13-15)20(23)22-11-9-18(10-12-22)17-7-5-16(14-21)6-8-17/h2,4-8,13,18H,9-12H2,1H3. The van der Waals surface area contributed by atoms with Gasteiger partial charge in [-0.25, -0.2) is 0 Å². The molecule has 3 heteroatoms. The van der Waals surface area contributed by atoms with Gasteiger partial charge in [0.1, 0.15) is 0 Å². The van der Waals surface area contributed by atoms with Gasteiger partial charge in [0.05, 0.1) is 11.6 Å². The Morgan fingerprint density at radius 3 is 2.52 bits per heavy atom. The van der Waals surface area contributed by atoms with Crippen LogP contribution in [0, 0.1) is 24.3 Å². The predicted octanol–water partition coefficient (Wildman–Crippen LogP) is 3.69. The molecule has 0 saturated carbocycles. The summed E-state index contributed by atoms with van der Waals surface area (Å²) in [4.78, 5) is 14.5. The Morgan fingerprint density at radius 2 is 1.91 bits per heavy atom. The first-order chi connectivity index (χ1) is 11.2. The first-order valence-corrected chi connectivity index (χ1v) is 7.95. The Morgan fingerprint density at radius 1 is 1.22 bits per heavy atom. The topological polar surface area (TPSA) is 44.1 Å². The lowest BCUT2D eigenvalue weighted by molar-refractivity contribution is 0.0713. The molecule has 1 fully saturated rings. The second kappa shape index (κ2) is 6.66. The van der Waals surface area contributed by atoms with Crippen LogP contribution in [0.4, 0.5) is 0 Å². The summed E-state index contributed by atoms with van der Waals surface area (Å²) >= 11 is 0. The van der Waals surface area contributed by atoms with Gasteiger partial charge in [0.15, 0.2) is 0 Å². The number of nitrogens with zero attached hydrogens (tertiary/aromatic N) is 2. The molecule has 115 valence electrons. The fraction of sp³-hybridized carbons (Fsp3) is 0.300. The SMILES string of the molecule is Cc1[c]ccc(C(=O)N2CCC(c3ccc(C#N)cc3)CC2)c1. The molecule has 3 nitrogen and oxygen atoms in total. The van der Waals surface area contributed by atoms with E-state index in [4.69, 9.17) is 5.26 Å². The highest BCUT2D eigenvalue weighted by molar-refractivity contribution is 5.94. The third-order valence-corrected chi connectivity index (χ3v) is 4.49. The van der Waals surface area contributed by atoms with Gasteiger partial charge in [-0.05, 0) is 67.1 Å². The van der Waals surface area contributed by atoms with Crippen molar-refractivity contribution in [2.45, 2.75) is 25.7 Å². The van der Waals surface area contributed by atoms with Gasteiger partial charge in [-0.1, -0.05) is 18.2 Å². The van der Waals surface area contributed by atoms with Gasteiger partial charge in [0, 0.05) is 18.7 Å². The number of likely N-dealkylation sites (tertiary alicyclic amines) is 1. The number of carbonyl (C=O) groups excluding carboxylic acids is 1. The molecule has 0 unspecified atom stereocenters. The van der Waals surface area contributed by atoms with E-state index >= 15 is 0 Å². The molecule has 23 heavy (non-hydrogen) atoms. The van der Waals surface area contributed by atoms with E-state index in [1.54, 1.807) is 0 Å². The lowest BCUT2D eigenvalue weighted by atomic mass is 9.89. The number of nitriles is 1. The molecule has 0 aliphatic carbocycles. The molecule has 2 aromatic carbocycles. The maximum atomic E-state index is 12.6. The average Bonchev–Trinajstić information content (AvgIpc) is 2.61. The summed E-state index contributed by atoms with van der Waals surface area (Å²) < 4.78 is 0. The maximum absolute atomic E-state index is 12.6. The van der Waals surface area contributed by atoms with E-state index in [1.165, 1.54) is 5.56 Å². The smallest absolute Gasteiger partial charge is 0.253 e. The van der Waals surface area contributed by atoms with E-state index in [1.807, 2.05) is 54.3 Å². The third kappa shape index (κ3) is 3.43. The molecule has 3 rings (SSSR count). The number of hydrogen-bond acceptors (Lipinski definition) is 2. The molecule has 1 heterocycles. The largest absolute Gasteiger partial charge is 0.339 e. The van der Waals surface area contributed by atoms with E-state index in [0.717, 1.165) is 37.1 Å². The molecule has 1 aliphatic heterocycles. The first kappa shape index (κ1) is 15.3. The number of benzene rings is 2. The van der Waals surface area contributed by atoms with Crippen LogP contribution in [-0.2, 0) is 0 Å². The number of hydrogen-bond donors (Lipinski definition) is 0. The quantitative estimate of drug-likeness (QED) is 0.849. The van der Waals surface area contributed by atoms with E-state index < -0.39 is 0 Å². The van der Waals surface area contributed by atoms with Crippen molar-refractivity contribution in [3.8, 4) is 6.07 Å². The number of amides is 1. The summed E-state index contributed by atoms with van der Waals surface area (Å²) in [5.41, 5.74) is 3.69. The lowest BCUT2D eigenvalue weighted by Crippen LogP contribution is -2.37. The van der Waals surface area contributed by atoms with Crippen molar-refractivity contribution in [1.82, 2.24) is 4.90 Å². The summed E-state index contributed by atoms with van der Waals surface area (Å²) in [6, 6.07) is 18.6. The van der Waals surface area contributed by atoms with Crippen molar-refractivity contribution in [3.63, 3.8) is 0 Å². The van der Waals surface area contributed by atoms with Gasteiger partial charge in [0.2, 0.25) is 0 Å². The monoisotopic (exact) mass is 303 g/mol. The summed E-state index contributed by atoms with van der Waals surface area (Å²) in [6.07, 6.45) is 1.94. The van der Waals surface area contributed by atoms with Crippen molar-refractivity contribution in [3.05, 3.63) is 70.8 Å². The summed E-state index contributed by atoms with van der Waals surface area (Å²) in [7, 11) is 0. The van der Waals surface area contributed by atoms with Gasteiger partial charge in [-0.2, -0.15) is 5.26 Å². The second-order valence-corrected chi connectivity index (χ2v) is 6.06. The van der Waals surface area contributed by atoms with E-state index in [9.17, 15) is 4.79 Å². The molecule has 1 radical (unpaired) electrons. The fourth-order valence-corrected chi connectivity index (χ4v) is 3.15. The Kier molecular flexibility index (Phi) is 4.43. The van der Waals surface area contributed by atoms with Crippen LogP contribution in [-0.4, -0.2) is 23.9 Å². The van der Waals surface area contributed by atoms with Gasteiger partial charge in [-0.3, -0.25) is 4.79 Å². The number of aryl methyl sites for hydroxylation is 1. The van der Waals surface area contributed by atoms with Crippen LogP contribution in [0.1, 0.15) is 45.8 Å². The third-order valence-electron chi connectivity index (χ3n) is 4.49. The maximum Gasteiger partial charge on any atom is 0.253 e. The van der Waals surface area contributed by atoms with Crippen molar-refractivity contribution in [2.75, 3.05) is 13.1 Å². The highest BCUT2D eigenvalue weighted by Crippen LogP contribution is 2.28. The molecular formula is C20H19N2O. The van der Waals surface area contributed by atoms with E-state index in [0.29, 0.717) is 11.5 Å². The Labute approximate surface area is 137 Å². The minimum absolute atomic E-state index is 0.111. The highest BCUT2D eigenvalue weighted by Gasteiger charge is 2.24. The zero-order chi connectivity index (χ0) is 16.2. The Hall–Kier alpha value is -2.60. The molecular weight excluding hydrogens is 284 g/mol. The average molecular weight is 303 g/mol. The van der Waals surface area contributed by atoms with Crippen LogP contribution in [0.3, 0.4) is 0 Å². The van der Waals surface area contributed by atoms with E-state index in [-0.39, 0.29) is 5.91 Å². The normalized spacial score (nSPS) is 15.2. The molecule has 0 aromatic heterocycles. The van der Waals surface area contributed by atoms with Crippen LogP contribution in [0.25, 0.3) is 0 Å². The van der Waals surface area contributed by atoms with Crippen molar-refractivity contribution >= 4 is 5.91 Å². The Balaban J connectivity index is 1.64. The predicted molar refractivity (Wildman–Crippen MR) is 89.1 cm³/mol. The van der Waals surface area contributed by atoms with Gasteiger partial charge >= 0.3 is 0 Å². The van der Waals surface area contributed by atoms with Crippen LogP contribution in [0.2, 0.25) is 0 Å². The molecule has 0 N–H and O–H groups in total. The number of carbonyl (C=O) groups is 1. The zero-order valence-corrected chi connectivity index (χ0v) is 13.2. The molecule has 2 aromatic rings. The molecule has 1 aliphatic rings. The first-order valence-electron chi connectivity index (χ1n) is 7.95. The molecule has 0 atom stereocenters. The minimum Gasteiger partial charge on any atom is -0.339 e. The summed E-state index contributed by atoms with van der Waals surface area (Å²) in [6.45, 7) is 3.51. The number of rotatable bonds is 2. The summed E-state index contributed by atoms with van der Waals surface area (Å²) in [5, 5.41) is 8.87. The molecule has 0 bridgehead atoms. The molecule has 1 amide bonds. The minimum atomic E-state index is 0.111. The van der Waals surface area contributed by atoms with Crippen LogP contribution < -0.4 is 0 Å². The Bertz CT molecular complexity index is 735. The van der Waals surface area contributed by atoms with Crippen molar-refractivity contribution < 1.29 is 4.79 Å². The fourth-order valence-electron chi connectivity index (χ4n) is 3.15. The van der Waals surface area contributed by atoms with Crippen LogP contribution >= 0.6 is 0 Å². The number of piperidine rings is 1. The van der Waals surface area contributed by atoms with Crippen LogP contribution in [0.5, 0.6) is 0 Å². The van der Waals surface area contributed by atoms with Gasteiger partial charge in [-0.15, -0.1) is 0 Å². The van der Waals surface area contributed by atoms with Crippen molar-refractivity contribution in [2.24, 2.45) is 0 Å². The zero-order valence-electron chi connectivity index (χ0n) is 13.2. The highest BCUT2D eigenvalue weighted by atomic mass is 16.2. The molecule has 0 spiro atoms. The van der Waals surface area contributed by atoms with E-state index in [2.05, 4.69) is 12.1 Å². The second-order valence-electron chi connectivity index (χ2n) is 6.06. The lowest BCUT2D eigenvalue weighted by Gasteiger charge is -2.32. The van der Waals surface area contributed by atoms with Crippen molar-refractivity contribution in [1.29, 1.82) is 5.26 Å². The van der Waals surface area contributed by atoms with Gasteiger partial charge < -0.3 is 4.90 Å². The molecule has 1 saturated heterocycles. The van der Waals surface area contributed by atoms with Crippen LogP contribution in [0.15, 0.2) is 42.5 Å². The summed E-state index contributed by atoms with van der Waals surface area (Å²) in [5.74, 6) is 0.581. The van der Waals surface area contributed by atoms with Gasteiger partial charge in [0.25, 0.3) is 5.91 Å².